The van der Waals surface area contributed by atoms with E-state index in [1.54, 1.807) is 6.07 Å². The molecule has 1 fully saturated rings. The van der Waals surface area contributed by atoms with Gasteiger partial charge in [0.15, 0.2) is 0 Å². The van der Waals surface area contributed by atoms with Gasteiger partial charge in [-0.15, -0.1) is 12.4 Å². The van der Waals surface area contributed by atoms with Gasteiger partial charge in [0, 0.05) is 23.5 Å². The highest BCUT2D eigenvalue weighted by Gasteiger charge is 2.30. The van der Waals surface area contributed by atoms with Crippen molar-refractivity contribution in [3.05, 3.63) is 63.9 Å². The van der Waals surface area contributed by atoms with Crippen molar-refractivity contribution >= 4 is 34.0 Å². The van der Waals surface area contributed by atoms with Crippen molar-refractivity contribution < 1.29 is 17.5 Å². The SMILES string of the molecule is CNC1CCc2ccc(OCCNS(=O)(=O)CC3CC3)cc2C1Cc1cc(F)cc(Cl)c1.Cl. The maximum absolute atomic E-state index is 13.9. The van der Waals surface area contributed by atoms with Crippen molar-refractivity contribution in [1.29, 1.82) is 0 Å². The zero-order valence-electron chi connectivity index (χ0n) is 18.7. The van der Waals surface area contributed by atoms with E-state index in [0.717, 1.165) is 31.2 Å². The van der Waals surface area contributed by atoms with Gasteiger partial charge >= 0.3 is 0 Å². The molecule has 5 nitrogen and oxygen atoms in total. The molecule has 2 unspecified atom stereocenters. The molecule has 0 spiro atoms. The molecule has 0 saturated heterocycles. The van der Waals surface area contributed by atoms with Crippen LogP contribution in [0.2, 0.25) is 5.02 Å². The molecule has 0 bridgehead atoms. The number of benzene rings is 2. The minimum absolute atomic E-state index is 0. The van der Waals surface area contributed by atoms with Crippen molar-refractivity contribution in [3.63, 3.8) is 0 Å². The fourth-order valence-corrected chi connectivity index (χ4v) is 6.28. The van der Waals surface area contributed by atoms with Gasteiger partial charge in [-0.1, -0.05) is 17.7 Å². The van der Waals surface area contributed by atoms with E-state index in [4.69, 9.17) is 16.3 Å². The van der Waals surface area contributed by atoms with Gasteiger partial charge in [-0.2, -0.15) is 0 Å². The summed E-state index contributed by atoms with van der Waals surface area (Å²) in [6, 6.07) is 11.0. The van der Waals surface area contributed by atoms with Gasteiger partial charge in [0.2, 0.25) is 10.0 Å². The number of nitrogens with one attached hydrogen (secondary N) is 2. The van der Waals surface area contributed by atoms with Crippen LogP contribution in [0.5, 0.6) is 5.75 Å². The number of halogens is 3. The van der Waals surface area contributed by atoms with Gasteiger partial charge in [-0.05, 0) is 92.1 Å². The Morgan fingerprint density at radius 1 is 1.15 bits per heavy atom. The van der Waals surface area contributed by atoms with Crippen LogP contribution < -0.4 is 14.8 Å². The zero-order valence-corrected chi connectivity index (χ0v) is 21.0. The molecule has 2 N–H and O–H groups in total. The smallest absolute Gasteiger partial charge is 0.211 e. The minimum Gasteiger partial charge on any atom is -0.492 e. The van der Waals surface area contributed by atoms with E-state index in [-0.39, 0.29) is 49.1 Å². The lowest BCUT2D eigenvalue weighted by atomic mass is 9.76. The molecule has 33 heavy (non-hydrogen) atoms. The molecule has 0 heterocycles. The van der Waals surface area contributed by atoms with Crippen LogP contribution >= 0.6 is 24.0 Å². The highest BCUT2D eigenvalue weighted by Crippen LogP contribution is 2.37. The number of hydrogen-bond acceptors (Lipinski definition) is 4. The highest BCUT2D eigenvalue weighted by molar-refractivity contribution is 7.89. The van der Waals surface area contributed by atoms with Crippen molar-refractivity contribution in [1.82, 2.24) is 10.0 Å². The second-order valence-corrected chi connectivity index (χ2v) is 11.1. The number of aryl methyl sites for hydroxylation is 1. The van der Waals surface area contributed by atoms with Gasteiger partial charge in [0.25, 0.3) is 0 Å². The summed E-state index contributed by atoms with van der Waals surface area (Å²) >= 11 is 6.07. The third kappa shape index (κ3) is 7.30. The largest absolute Gasteiger partial charge is 0.492 e. The van der Waals surface area contributed by atoms with Crippen LogP contribution in [0.15, 0.2) is 36.4 Å². The van der Waals surface area contributed by atoms with Crippen LogP contribution in [-0.2, 0) is 22.9 Å². The molecule has 2 aliphatic rings. The Labute approximate surface area is 206 Å². The summed E-state index contributed by atoms with van der Waals surface area (Å²) in [4.78, 5) is 0. The van der Waals surface area contributed by atoms with E-state index in [0.29, 0.717) is 23.1 Å². The highest BCUT2D eigenvalue weighted by atomic mass is 35.5. The van der Waals surface area contributed by atoms with Crippen LogP contribution in [0.1, 0.15) is 41.9 Å². The summed E-state index contributed by atoms with van der Waals surface area (Å²) in [6.07, 6.45) is 4.63. The summed E-state index contributed by atoms with van der Waals surface area (Å²) in [6.45, 7) is 0.513. The average Bonchev–Trinajstić information content (AvgIpc) is 3.54. The summed E-state index contributed by atoms with van der Waals surface area (Å²) in [5.74, 6) is 1.07. The molecule has 2 aromatic rings. The lowest BCUT2D eigenvalue weighted by Crippen LogP contribution is -2.37. The van der Waals surface area contributed by atoms with Gasteiger partial charge < -0.3 is 10.1 Å². The number of rotatable bonds is 10. The quantitative estimate of drug-likeness (QED) is 0.457. The van der Waals surface area contributed by atoms with Crippen LogP contribution in [0.25, 0.3) is 0 Å². The number of hydrogen-bond donors (Lipinski definition) is 2. The number of sulfonamides is 1. The summed E-state index contributed by atoms with van der Waals surface area (Å²) < 4.78 is 46.4. The lowest BCUT2D eigenvalue weighted by Gasteiger charge is -2.34. The number of fused-ring (bicyclic) bond motifs is 1. The predicted molar refractivity (Wildman–Crippen MR) is 133 cm³/mol. The van der Waals surface area contributed by atoms with Crippen LogP contribution in [0, 0.1) is 11.7 Å². The summed E-state index contributed by atoms with van der Waals surface area (Å²) in [7, 11) is -1.27. The predicted octanol–water partition coefficient (Wildman–Crippen LogP) is 4.47. The molecule has 2 aliphatic carbocycles. The monoisotopic (exact) mass is 516 g/mol. The standard InChI is InChI=1S/C24H30ClFN2O3S.ClH/c1-27-24-7-5-18-4-6-21(31-9-8-28-32(29,30)15-16-2-3-16)14-22(18)23(24)12-17-10-19(25)13-20(26)11-17;/h4,6,10-11,13-14,16,23-24,27-28H,2-3,5,7-9,12,15H2,1H3;1H. The number of likely N-dealkylation sites (N-methyl/N-ethyl adjacent to an activating group) is 1. The van der Waals surface area contributed by atoms with Gasteiger partial charge in [0.1, 0.15) is 18.2 Å². The van der Waals surface area contributed by atoms with E-state index in [9.17, 15) is 12.8 Å². The van der Waals surface area contributed by atoms with Crippen LogP contribution in [0.4, 0.5) is 4.39 Å². The van der Waals surface area contributed by atoms with Crippen molar-refractivity contribution in [3.8, 4) is 5.75 Å². The Balaban J connectivity index is 0.00000306. The first-order valence-electron chi connectivity index (χ1n) is 11.2. The lowest BCUT2D eigenvalue weighted by molar-refractivity contribution is 0.320. The van der Waals surface area contributed by atoms with Crippen molar-refractivity contribution in [2.75, 3.05) is 26.0 Å². The first kappa shape index (κ1) is 26.2. The van der Waals surface area contributed by atoms with Crippen LogP contribution in [-0.4, -0.2) is 40.4 Å². The van der Waals surface area contributed by atoms with Gasteiger partial charge in [-0.25, -0.2) is 17.5 Å². The fourth-order valence-electron chi connectivity index (χ4n) is 4.56. The molecule has 1 saturated carbocycles. The second kappa shape index (κ2) is 11.4. The third-order valence-corrected chi connectivity index (χ3v) is 8.09. The average molecular weight is 517 g/mol. The van der Waals surface area contributed by atoms with Gasteiger partial charge in [-0.3, -0.25) is 0 Å². The normalized spacial score (nSPS) is 20.1. The van der Waals surface area contributed by atoms with Gasteiger partial charge in [0.05, 0.1) is 5.75 Å². The fraction of sp³-hybridized carbons (Fsp3) is 0.500. The van der Waals surface area contributed by atoms with E-state index in [1.807, 2.05) is 25.2 Å². The zero-order chi connectivity index (χ0) is 22.7. The molecule has 9 heteroatoms. The number of ether oxygens (including phenoxy) is 1. The summed E-state index contributed by atoms with van der Waals surface area (Å²) in [5, 5.41) is 3.81. The van der Waals surface area contributed by atoms with E-state index in [2.05, 4.69) is 16.1 Å². The Bertz CT molecular complexity index is 1040. The molecule has 0 radical (unpaired) electrons. The topological polar surface area (TPSA) is 67.4 Å². The molecule has 4 rings (SSSR count). The molecule has 0 aromatic heterocycles. The molecule has 0 aliphatic heterocycles. The Morgan fingerprint density at radius 2 is 1.94 bits per heavy atom. The summed E-state index contributed by atoms with van der Waals surface area (Å²) in [5.41, 5.74) is 3.31. The molecule has 2 atom stereocenters. The van der Waals surface area contributed by atoms with E-state index < -0.39 is 10.0 Å². The first-order chi connectivity index (χ1) is 15.3. The first-order valence-corrected chi connectivity index (χ1v) is 13.2. The van der Waals surface area contributed by atoms with E-state index in [1.165, 1.54) is 17.2 Å². The Hall–Kier alpha value is -1.38. The minimum atomic E-state index is -3.23. The van der Waals surface area contributed by atoms with Crippen molar-refractivity contribution in [2.45, 2.75) is 44.1 Å². The third-order valence-electron chi connectivity index (χ3n) is 6.32. The molecule has 0 amide bonds. The molecular weight excluding hydrogens is 486 g/mol. The molecular formula is C24H31Cl2FN2O3S. The maximum atomic E-state index is 13.9. The Kier molecular flexibility index (Phi) is 9.03. The van der Waals surface area contributed by atoms with E-state index >= 15 is 0 Å². The second-order valence-electron chi connectivity index (χ2n) is 8.85. The van der Waals surface area contributed by atoms with Crippen LogP contribution in [0.3, 0.4) is 0 Å². The maximum Gasteiger partial charge on any atom is 0.211 e. The molecule has 2 aromatic carbocycles. The molecule has 182 valence electrons. The van der Waals surface area contributed by atoms with Crippen molar-refractivity contribution in [2.24, 2.45) is 5.92 Å². The Morgan fingerprint density at radius 3 is 2.64 bits per heavy atom.